The molecule has 1 aliphatic heterocycles. The van der Waals surface area contributed by atoms with Crippen LogP contribution in [0.5, 0.6) is 0 Å². The molecular weight excluding hydrogens is 326 g/mol. The Morgan fingerprint density at radius 1 is 1.08 bits per heavy atom. The lowest BCUT2D eigenvalue weighted by molar-refractivity contribution is 0.0519. The predicted octanol–water partition coefficient (Wildman–Crippen LogP) is 2.47. The number of hydrogen-bond acceptors (Lipinski definition) is 4. The van der Waals surface area contributed by atoms with Crippen molar-refractivity contribution in [2.24, 2.45) is 0 Å². The van der Waals surface area contributed by atoms with Crippen molar-refractivity contribution in [3.05, 3.63) is 29.2 Å². The number of halogens is 1. The molecule has 0 bridgehead atoms. The maximum Gasteiger partial charge on any atom is 0.274 e. The van der Waals surface area contributed by atoms with Crippen LogP contribution < -0.4 is 0 Å². The van der Waals surface area contributed by atoms with E-state index in [0.717, 1.165) is 32.2 Å². The van der Waals surface area contributed by atoms with Gasteiger partial charge >= 0.3 is 0 Å². The summed E-state index contributed by atoms with van der Waals surface area (Å²) in [5.41, 5.74) is 1.08. The summed E-state index contributed by atoms with van der Waals surface area (Å²) in [7, 11) is 0. The van der Waals surface area contributed by atoms with E-state index in [1.807, 2.05) is 4.90 Å². The molecule has 1 saturated carbocycles. The number of fused-ring (bicyclic) bond motifs is 1. The Labute approximate surface area is 146 Å². The Balaban J connectivity index is 1.41. The summed E-state index contributed by atoms with van der Waals surface area (Å²) < 4.78 is 1.56. The van der Waals surface area contributed by atoms with Gasteiger partial charge in [0, 0.05) is 32.2 Å². The molecule has 2 aromatic heterocycles. The van der Waals surface area contributed by atoms with Gasteiger partial charge in [0.25, 0.3) is 5.91 Å². The third kappa shape index (κ3) is 3.13. The van der Waals surface area contributed by atoms with E-state index in [1.165, 1.54) is 32.1 Å². The second kappa shape index (κ2) is 6.69. The number of piperazine rings is 1. The first-order valence-corrected chi connectivity index (χ1v) is 9.14. The first kappa shape index (κ1) is 15.8. The number of amides is 1. The highest BCUT2D eigenvalue weighted by molar-refractivity contribution is 6.29. The molecule has 2 aliphatic rings. The standard InChI is InChI=1S/C17H22ClN5O/c18-15-6-7-16-19-14(12-23(16)20-15)17(24)22-10-8-21(9-11-22)13-4-2-1-3-5-13/h6-7,12-13H,1-5,8-11H2. The summed E-state index contributed by atoms with van der Waals surface area (Å²) in [6.45, 7) is 3.48. The maximum atomic E-state index is 12.7. The Kier molecular flexibility index (Phi) is 4.41. The van der Waals surface area contributed by atoms with Crippen LogP contribution in [0.15, 0.2) is 18.3 Å². The number of carbonyl (C=O) groups excluding carboxylic acids is 1. The lowest BCUT2D eigenvalue weighted by atomic mass is 9.94. The van der Waals surface area contributed by atoms with Crippen molar-refractivity contribution < 1.29 is 4.79 Å². The second-order valence-electron chi connectivity index (χ2n) is 6.70. The zero-order chi connectivity index (χ0) is 16.5. The summed E-state index contributed by atoms with van der Waals surface area (Å²) in [4.78, 5) is 21.6. The molecule has 1 aliphatic carbocycles. The highest BCUT2D eigenvalue weighted by Crippen LogP contribution is 2.23. The van der Waals surface area contributed by atoms with E-state index in [9.17, 15) is 4.79 Å². The lowest BCUT2D eigenvalue weighted by Crippen LogP contribution is -2.52. The van der Waals surface area contributed by atoms with E-state index in [0.29, 0.717) is 16.5 Å². The van der Waals surface area contributed by atoms with Crippen molar-refractivity contribution in [2.75, 3.05) is 26.2 Å². The molecule has 0 radical (unpaired) electrons. The van der Waals surface area contributed by atoms with Crippen molar-refractivity contribution in [3.8, 4) is 0 Å². The van der Waals surface area contributed by atoms with Gasteiger partial charge in [-0.25, -0.2) is 9.50 Å². The van der Waals surface area contributed by atoms with Gasteiger partial charge in [-0.2, -0.15) is 5.10 Å². The van der Waals surface area contributed by atoms with Crippen LogP contribution in [0.4, 0.5) is 0 Å². The third-order valence-corrected chi connectivity index (χ3v) is 5.40. The quantitative estimate of drug-likeness (QED) is 0.837. The molecule has 6 nitrogen and oxygen atoms in total. The fraction of sp³-hybridized carbons (Fsp3) is 0.588. The molecule has 0 spiro atoms. The molecule has 0 N–H and O–H groups in total. The molecule has 7 heteroatoms. The SMILES string of the molecule is O=C(c1cn2nc(Cl)ccc2n1)N1CCN(C2CCCCC2)CC1. The highest BCUT2D eigenvalue weighted by atomic mass is 35.5. The van der Waals surface area contributed by atoms with Crippen LogP contribution in [0.2, 0.25) is 5.15 Å². The molecule has 1 amide bonds. The van der Waals surface area contributed by atoms with Crippen LogP contribution in [0.3, 0.4) is 0 Å². The van der Waals surface area contributed by atoms with Gasteiger partial charge in [-0.05, 0) is 25.0 Å². The van der Waals surface area contributed by atoms with Crippen LogP contribution in [-0.4, -0.2) is 62.5 Å². The number of carbonyl (C=O) groups is 1. The van der Waals surface area contributed by atoms with Crippen LogP contribution in [0.1, 0.15) is 42.6 Å². The molecule has 24 heavy (non-hydrogen) atoms. The van der Waals surface area contributed by atoms with Crippen LogP contribution >= 0.6 is 11.6 Å². The van der Waals surface area contributed by atoms with Crippen molar-refractivity contribution >= 4 is 23.2 Å². The largest absolute Gasteiger partial charge is 0.335 e. The maximum absolute atomic E-state index is 12.7. The summed E-state index contributed by atoms with van der Waals surface area (Å²) in [5, 5.41) is 4.53. The molecule has 0 atom stereocenters. The third-order valence-electron chi connectivity index (χ3n) is 5.20. The van der Waals surface area contributed by atoms with Gasteiger partial charge < -0.3 is 4.90 Å². The Morgan fingerprint density at radius 3 is 2.58 bits per heavy atom. The number of imidazole rings is 1. The summed E-state index contributed by atoms with van der Waals surface area (Å²) in [6, 6.07) is 4.17. The zero-order valence-electron chi connectivity index (χ0n) is 13.7. The van der Waals surface area contributed by atoms with E-state index in [1.54, 1.807) is 22.8 Å². The minimum absolute atomic E-state index is 0.0140. The zero-order valence-corrected chi connectivity index (χ0v) is 14.5. The normalized spacial score (nSPS) is 20.6. The number of hydrogen-bond donors (Lipinski definition) is 0. The van der Waals surface area contributed by atoms with Gasteiger partial charge in [-0.3, -0.25) is 9.69 Å². The fourth-order valence-electron chi connectivity index (χ4n) is 3.86. The number of aromatic nitrogens is 3. The van der Waals surface area contributed by atoms with E-state index in [-0.39, 0.29) is 5.91 Å². The molecule has 3 heterocycles. The van der Waals surface area contributed by atoms with Gasteiger partial charge in [0.1, 0.15) is 10.8 Å². The van der Waals surface area contributed by atoms with E-state index < -0.39 is 0 Å². The minimum Gasteiger partial charge on any atom is -0.335 e. The van der Waals surface area contributed by atoms with E-state index >= 15 is 0 Å². The lowest BCUT2D eigenvalue weighted by Gasteiger charge is -2.40. The number of nitrogens with zero attached hydrogens (tertiary/aromatic N) is 5. The van der Waals surface area contributed by atoms with E-state index in [4.69, 9.17) is 11.6 Å². The van der Waals surface area contributed by atoms with Gasteiger partial charge in [0.15, 0.2) is 5.65 Å². The topological polar surface area (TPSA) is 53.7 Å². The molecule has 0 aromatic carbocycles. The van der Waals surface area contributed by atoms with Gasteiger partial charge in [0.2, 0.25) is 0 Å². The Morgan fingerprint density at radius 2 is 1.83 bits per heavy atom. The summed E-state index contributed by atoms with van der Waals surface area (Å²) in [5.74, 6) is -0.0140. The van der Waals surface area contributed by atoms with Crippen molar-refractivity contribution in [3.63, 3.8) is 0 Å². The first-order chi connectivity index (χ1) is 11.7. The average molecular weight is 348 g/mol. The predicted molar refractivity (Wildman–Crippen MR) is 92.3 cm³/mol. The van der Waals surface area contributed by atoms with Crippen molar-refractivity contribution in [2.45, 2.75) is 38.1 Å². The molecular formula is C17H22ClN5O. The van der Waals surface area contributed by atoms with Gasteiger partial charge in [-0.1, -0.05) is 30.9 Å². The minimum atomic E-state index is -0.0140. The highest BCUT2D eigenvalue weighted by Gasteiger charge is 2.28. The Bertz CT molecular complexity index is 732. The molecule has 2 fully saturated rings. The molecule has 2 aromatic rings. The first-order valence-electron chi connectivity index (χ1n) is 8.76. The monoisotopic (exact) mass is 347 g/mol. The van der Waals surface area contributed by atoms with Crippen LogP contribution in [0.25, 0.3) is 5.65 Å². The fourth-order valence-corrected chi connectivity index (χ4v) is 4.00. The summed E-state index contributed by atoms with van der Waals surface area (Å²) in [6.07, 6.45) is 8.36. The Hall–Kier alpha value is -1.66. The van der Waals surface area contributed by atoms with Crippen molar-refractivity contribution in [1.82, 2.24) is 24.4 Å². The summed E-state index contributed by atoms with van der Waals surface area (Å²) >= 11 is 5.89. The average Bonchev–Trinajstić information content (AvgIpc) is 3.05. The van der Waals surface area contributed by atoms with Gasteiger partial charge in [-0.15, -0.1) is 0 Å². The van der Waals surface area contributed by atoms with Gasteiger partial charge in [0.05, 0.1) is 6.20 Å². The van der Waals surface area contributed by atoms with E-state index in [2.05, 4.69) is 15.0 Å². The molecule has 4 rings (SSSR count). The number of rotatable bonds is 2. The smallest absolute Gasteiger partial charge is 0.274 e. The van der Waals surface area contributed by atoms with Crippen LogP contribution in [-0.2, 0) is 0 Å². The molecule has 128 valence electrons. The molecule has 1 saturated heterocycles. The van der Waals surface area contributed by atoms with Crippen LogP contribution in [0, 0.1) is 0 Å². The molecule has 0 unspecified atom stereocenters. The van der Waals surface area contributed by atoms with Crippen molar-refractivity contribution in [1.29, 1.82) is 0 Å². The second-order valence-corrected chi connectivity index (χ2v) is 7.09.